The maximum Gasteiger partial charge on any atom is 0.0235 e. The highest BCUT2D eigenvalue weighted by Crippen LogP contribution is 2.23. The lowest BCUT2D eigenvalue weighted by molar-refractivity contribution is 0.215. The third-order valence-electron chi connectivity index (χ3n) is 2.68. The summed E-state index contributed by atoms with van der Waals surface area (Å²) in [4.78, 5) is 2.57. The molecule has 1 nitrogen and oxygen atoms in total. The molecule has 0 bridgehead atoms. The van der Waals surface area contributed by atoms with E-state index in [2.05, 4.69) is 18.7 Å². The molecule has 2 atom stereocenters. The first-order chi connectivity index (χ1) is 5.25. The van der Waals surface area contributed by atoms with Crippen LogP contribution < -0.4 is 0 Å². The van der Waals surface area contributed by atoms with Crippen molar-refractivity contribution >= 4 is 11.6 Å². The van der Waals surface area contributed by atoms with Gasteiger partial charge in [0.15, 0.2) is 0 Å². The number of halogens is 1. The maximum atomic E-state index is 5.65. The first kappa shape index (κ1) is 9.34. The molecule has 0 radical (unpaired) electrons. The molecule has 2 unspecified atom stereocenters. The molecule has 0 amide bonds. The fourth-order valence-corrected chi connectivity index (χ4v) is 2.05. The van der Waals surface area contributed by atoms with Crippen LogP contribution in [0, 0.1) is 0 Å². The third-order valence-corrected chi connectivity index (χ3v) is 2.95. The van der Waals surface area contributed by atoms with E-state index in [1.165, 1.54) is 19.4 Å². The van der Waals surface area contributed by atoms with Crippen LogP contribution >= 0.6 is 11.6 Å². The number of nitrogens with zero attached hydrogens (tertiary/aromatic N) is 1. The first-order valence-electron chi connectivity index (χ1n) is 4.57. The van der Waals surface area contributed by atoms with E-state index in [0.29, 0.717) is 0 Å². The second-order valence-corrected chi connectivity index (χ2v) is 3.93. The predicted octanol–water partition coefficient (Wildman–Crippen LogP) is 2.49. The third kappa shape index (κ3) is 2.34. The van der Waals surface area contributed by atoms with Gasteiger partial charge in [0, 0.05) is 18.0 Å². The van der Waals surface area contributed by atoms with Gasteiger partial charge in [-0.05, 0) is 39.7 Å². The van der Waals surface area contributed by atoms with Gasteiger partial charge >= 0.3 is 0 Å². The van der Waals surface area contributed by atoms with Gasteiger partial charge in [-0.25, -0.2) is 0 Å². The summed E-state index contributed by atoms with van der Waals surface area (Å²) >= 11 is 5.65. The van der Waals surface area contributed by atoms with Gasteiger partial charge in [-0.3, -0.25) is 4.90 Å². The minimum Gasteiger partial charge on any atom is -0.298 e. The van der Waals surface area contributed by atoms with Gasteiger partial charge in [-0.1, -0.05) is 0 Å². The van der Waals surface area contributed by atoms with E-state index in [0.717, 1.165) is 24.4 Å². The Morgan fingerprint density at radius 1 is 1.27 bits per heavy atom. The van der Waals surface area contributed by atoms with Crippen molar-refractivity contribution in [1.29, 1.82) is 0 Å². The number of likely N-dealkylation sites (tertiary alicyclic amines) is 1. The monoisotopic (exact) mass is 175 g/mol. The fourth-order valence-electron chi connectivity index (χ4n) is 1.93. The topological polar surface area (TPSA) is 3.24 Å². The average molecular weight is 176 g/mol. The summed E-state index contributed by atoms with van der Waals surface area (Å²) in [5.41, 5.74) is 0. The van der Waals surface area contributed by atoms with Crippen LogP contribution in [0.1, 0.15) is 33.1 Å². The van der Waals surface area contributed by atoms with Crippen molar-refractivity contribution in [3.63, 3.8) is 0 Å². The Morgan fingerprint density at radius 2 is 1.82 bits per heavy atom. The van der Waals surface area contributed by atoms with Crippen LogP contribution in [-0.4, -0.2) is 29.4 Å². The Labute approximate surface area is 74.7 Å². The largest absolute Gasteiger partial charge is 0.298 e. The molecule has 66 valence electrons. The quantitative estimate of drug-likeness (QED) is 0.596. The standard InChI is InChI=1S/C9H18ClN/c1-8-4-5-9(2)11(8)7-3-6-10/h8-9H,3-7H2,1-2H3. The fraction of sp³-hybridized carbons (Fsp3) is 1.00. The van der Waals surface area contributed by atoms with Crippen LogP contribution in [0.15, 0.2) is 0 Å². The van der Waals surface area contributed by atoms with Gasteiger partial charge in [0.1, 0.15) is 0 Å². The highest BCUT2D eigenvalue weighted by atomic mass is 35.5. The predicted molar refractivity (Wildman–Crippen MR) is 50.2 cm³/mol. The number of rotatable bonds is 3. The normalized spacial score (nSPS) is 33.0. The Kier molecular flexibility index (Phi) is 3.67. The summed E-state index contributed by atoms with van der Waals surface area (Å²) in [6.07, 6.45) is 3.86. The van der Waals surface area contributed by atoms with Crippen molar-refractivity contribution in [1.82, 2.24) is 4.90 Å². The maximum absolute atomic E-state index is 5.65. The Hall–Kier alpha value is 0.250. The average Bonchev–Trinajstić information content (AvgIpc) is 2.29. The Balaban J connectivity index is 2.29. The zero-order valence-corrected chi connectivity index (χ0v) is 8.27. The lowest BCUT2D eigenvalue weighted by Crippen LogP contribution is -2.33. The Morgan fingerprint density at radius 3 is 2.27 bits per heavy atom. The number of hydrogen-bond donors (Lipinski definition) is 0. The van der Waals surface area contributed by atoms with Crippen molar-refractivity contribution in [2.45, 2.75) is 45.2 Å². The van der Waals surface area contributed by atoms with E-state index in [1.54, 1.807) is 0 Å². The molecule has 0 aliphatic carbocycles. The molecule has 1 heterocycles. The van der Waals surface area contributed by atoms with Gasteiger partial charge in [0.05, 0.1) is 0 Å². The van der Waals surface area contributed by atoms with E-state index in [1.807, 2.05) is 0 Å². The SMILES string of the molecule is CC1CCC(C)N1CCCCl. The summed E-state index contributed by atoms with van der Waals surface area (Å²) in [5, 5.41) is 0. The lowest BCUT2D eigenvalue weighted by Gasteiger charge is -2.25. The molecule has 0 aromatic rings. The van der Waals surface area contributed by atoms with Crippen LogP contribution in [0.5, 0.6) is 0 Å². The molecule has 0 saturated carbocycles. The van der Waals surface area contributed by atoms with E-state index in [-0.39, 0.29) is 0 Å². The van der Waals surface area contributed by atoms with E-state index >= 15 is 0 Å². The van der Waals surface area contributed by atoms with Gasteiger partial charge in [0.2, 0.25) is 0 Å². The highest BCUT2D eigenvalue weighted by molar-refractivity contribution is 6.17. The smallest absolute Gasteiger partial charge is 0.0235 e. The van der Waals surface area contributed by atoms with Gasteiger partial charge in [0.25, 0.3) is 0 Å². The molecule has 1 fully saturated rings. The second-order valence-electron chi connectivity index (χ2n) is 3.56. The van der Waals surface area contributed by atoms with Crippen LogP contribution in [-0.2, 0) is 0 Å². The molecule has 0 aromatic carbocycles. The Bertz CT molecular complexity index is 106. The van der Waals surface area contributed by atoms with Crippen molar-refractivity contribution in [3.8, 4) is 0 Å². The van der Waals surface area contributed by atoms with Crippen molar-refractivity contribution in [2.75, 3.05) is 12.4 Å². The molecule has 1 rings (SSSR count). The molecular formula is C9H18ClN. The highest BCUT2D eigenvalue weighted by Gasteiger charge is 2.25. The van der Waals surface area contributed by atoms with Crippen molar-refractivity contribution in [3.05, 3.63) is 0 Å². The van der Waals surface area contributed by atoms with Crippen LogP contribution in [0.3, 0.4) is 0 Å². The van der Waals surface area contributed by atoms with E-state index in [9.17, 15) is 0 Å². The molecule has 1 aliphatic rings. The minimum absolute atomic E-state index is 0.785. The zero-order valence-electron chi connectivity index (χ0n) is 7.52. The van der Waals surface area contributed by atoms with Crippen LogP contribution in [0.25, 0.3) is 0 Å². The van der Waals surface area contributed by atoms with Crippen LogP contribution in [0.2, 0.25) is 0 Å². The molecule has 2 heteroatoms. The molecule has 0 spiro atoms. The summed E-state index contributed by atoms with van der Waals surface area (Å²) in [7, 11) is 0. The number of hydrogen-bond acceptors (Lipinski definition) is 1. The molecule has 0 N–H and O–H groups in total. The first-order valence-corrected chi connectivity index (χ1v) is 5.11. The molecule has 0 aromatic heterocycles. The zero-order chi connectivity index (χ0) is 8.27. The van der Waals surface area contributed by atoms with Crippen molar-refractivity contribution < 1.29 is 0 Å². The van der Waals surface area contributed by atoms with Gasteiger partial charge < -0.3 is 0 Å². The summed E-state index contributed by atoms with van der Waals surface area (Å²) in [6, 6.07) is 1.57. The molecule has 1 aliphatic heterocycles. The van der Waals surface area contributed by atoms with Crippen LogP contribution in [0.4, 0.5) is 0 Å². The minimum atomic E-state index is 0.785. The lowest BCUT2D eigenvalue weighted by atomic mass is 10.2. The molecular weight excluding hydrogens is 158 g/mol. The summed E-state index contributed by atoms with van der Waals surface area (Å²) in [6.45, 7) is 5.82. The second kappa shape index (κ2) is 4.32. The van der Waals surface area contributed by atoms with Gasteiger partial charge in [-0.2, -0.15) is 0 Å². The summed E-state index contributed by atoms with van der Waals surface area (Å²) < 4.78 is 0. The number of alkyl halides is 1. The molecule has 1 saturated heterocycles. The molecule has 11 heavy (non-hydrogen) atoms. The van der Waals surface area contributed by atoms with E-state index < -0.39 is 0 Å². The summed E-state index contributed by atoms with van der Waals surface area (Å²) in [5.74, 6) is 0.802. The van der Waals surface area contributed by atoms with Gasteiger partial charge in [-0.15, -0.1) is 11.6 Å². The van der Waals surface area contributed by atoms with E-state index in [4.69, 9.17) is 11.6 Å². The van der Waals surface area contributed by atoms with Crippen molar-refractivity contribution in [2.24, 2.45) is 0 Å².